The molecular formula is C10H18O4. The van der Waals surface area contributed by atoms with Gasteiger partial charge in [0.2, 0.25) is 0 Å². The fourth-order valence-electron chi connectivity index (χ4n) is 1.66. The van der Waals surface area contributed by atoms with Gasteiger partial charge in [-0.05, 0) is 31.6 Å². The summed E-state index contributed by atoms with van der Waals surface area (Å²) in [6, 6.07) is 0. The molecule has 1 saturated carbocycles. The van der Waals surface area contributed by atoms with Crippen LogP contribution in [0.15, 0.2) is 0 Å². The summed E-state index contributed by atoms with van der Waals surface area (Å²) in [5.74, 6) is 0.976. The van der Waals surface area contributed by atoms with Crippen molar-refractivity contribution in [1.29, 1.82) is 0 Å². The minimum atomic E-state index is -0.250. The number of esters is 1. The maximum atomic E-state index is 11.1. The van der Waals surface area contributed by atoms with Crippen molar-refractivity contribution < 1.29 is 19.4 Å². The first-order valence-electron chi connectivity index (χ1n) is 4.81. The van der Waals surface area contributed by atoms with Gasteiger partial charge >= 0.3 is 5.97 Å². The molecule has 0 spiro atoms. The molecule has 0 saturated heterocycles. The van der Waals surface area contributed by atoms with Crippen LogP contribution in [-0.4, -0.2) is 24.7 Å². The summed E-state index contributed by atoms with van der Waals surface area (Å²) in [7, 11) is 1.47. The molecule has 0 atom stereocenters. The van der Waals surface area contributed by atoms with Crippen LogP contribution in [0.1, 0.15) is 32.6 Å². The van der Waals surface area contributed by atoms with Crippen LogP contribution in [0.2, 0.25) is 0 Å². The van der Waals surface area contributed by atoms with E-state index in [1.165, 1.54) is 20.0 Å². The van der Waals surface area contributed by atoms with Gasteiger partial charge < -0.3 is 9.84 Å². The number of carbonyl (C=O) groups excluding carboxylic acids is 1. The van der Waals surface area contributed by atoms with Gasteiger partial charge in [0, 0.05) is 0 Å². The fraction of sp³-hybridized carbons (Fsp3) is 0.800. The van der Waals surface area contributed by atoms with Crippen LogP contribution in [0.25, 0.3) is 0 Å². The lowest BCUT2D eigenvalue weighted by Gasteiger charge is -2.23. The molecule has 1 fully saturated rings. The number of hydrogen-bond donors (Lipinski definition) is 1. The number of rotatable bonds is 1. The average Bonchev–Trinajstić information content (AvgIpc) is 2.19. The molecule has 0 heterocycles. The van der Waals surface area contributed by atoms with Gasteiger partial charge in [-0.15, -0.1) is 0 Å². The van der Waals surface area contributed by atoms with E-state index in [1.807, 2.05) is 0 Å². The maximum absolute atomic E-state index is 11.1. The molecule has 0 aromatic rings. The van der Waals surface area contributed by atoms with Crippen molar-refractivity contribution in [1.82, 2.24) is 0 Å². The van der Waals surface area contributed by atoms with E-state index < -0.39 is 0 Å². The summed E-state index contributed by atoms with van der Waals surface area (Å²) in [5.41, 5.74) is 0. The average molecular weight is 202 g/mol. The van der Waals surface area contributed by atoms with Crippen LogP contribution in [0.4, 0.5) is 0 Å². The zero-order valence-electron chi connectivity index (χ0n) is 8.73. The fourth-order valence-corrected chi connectivity index (χ4v) is 1.66. The highest BCUT2D eigenvalue weighted by Gasteiger charge is 2.24. The summed E-state index contributed by atoms with van der Waals surface area (Å²) >= 11 is 0. The molecule has 0 aromatic heterocycles. The van der Waals surface area contributed by atoms with Crippen molar-refractivity contribution in [2.45, 2.75) is 32.6 Å². The first-order valence-corrected chi connectivity index (χ1v) is 4.81. The summed E-state index contributed by atoms with van der Waals surface area (Å²) in [6.07, 6.45) is 4.40. The highest BCUT2D eigenvalue weighted by Crippen LogP contribution is 2.28. The van der Waals surface area contributed by atoms with E-state index >= 15 is 0 Å². The van der Waals surface area contributed by atoms with Crippen molar-refractivity contribution in [2.75, 3.05) is 7.11 Å². The second kappa shape index (κ2) is 7.35. The molecule has 0 aromatic carbocycles. The van der Waals surface area contributed by atoms with Crippen molar-refractivity contribution in [3.63, 3.8) is 0 Å². The largest absolute Gasteiger partial charge is 0.483 e. The van der Waals surface area contributed by atoms with Gasteiger partial charge in [-0.3, -0.25) is 9.59 Å². The predicted molar refractivity (Wildman–Crippen MR) is 51.8 cm³/mol. The Hall–Kier alpha value is -1.06. The van der Waals surface area contributed by atoms with E-state index in [9.17, 15) is 4.79 Å². The molecule has 4 heteroatoms. The van der Waals surface area contributed by atoms with Crippen molar-refractivity contribution in [3.8, 4) is 0 Å². The monoisotopic (exact) mass is 202 g/mol. The normalized spacial score (nSPS) is 25.6. The van der Waals surface area contributed by atoms with Crippen LogP contribution >= 0.6 is 0 Å². The Morgan fingerprint density at radius 2 is 1.79 bits per heavy atom. The zero-order chi connectivity index (χ0) is 11.0. The molecule has 1 N–H and O–H groups in total. The third kappa shape index (κ3) is 4.84. The Labute approximate surface area is 84.3 Å². The van der Waals surface area contributed by atoms with Crippen molar-refractivity contribution >= 4 is 12.4 Å². The van der Waals surface area contributed by atoms with E-state index in [4.69, 9.17) is 9.90 Å². The van der Waals surface area contributed by atoms with Gasteiger partial charge in [0.25, 0.3) is 6.47 Å². The van der Waals surface area contributed by atoms with Gasteiger partial charge in [-0.25, -0.2) is 0 Å². The lowest BCUT2D eigenvalue weighted by atomic mass is 9.83. The van der Waals surface area contributed by atoms with E-state index in [1.54, 1.807) is 0 Å². The van der Waals surface area contributed by atoms with Crippen molar-refractivity contribution in [3.05, 3.63) is 0 Å². The van der Waals surface area contributed by atoms with Crippen molar-refractivity contribution in [2.24, 2.45) is 11.8 Å². The molecule has 0 aliphatic heterocycles. The third-order valence-corrected chi connectivity index (χ3v) is 2.55. The Kier molecular flexibility index (Phi) is 6.80. The molecule has 1 aliphatic rings. The lowest BCUT2D eigenvalue weighted by Crippen LogP contribution is -2.21. The first kappa shape index (κ1) is 12.9. The van der Waals surface area contributed by atoms with Gasteiger partial charge in [0.05, 0.1) is 13.0 Å². The minimum absolute atomic E-state index is 0.0168. The van der Waals surface area contributed by atoms with Crippen LogP contribution < -0.4 is 0 Å². The number of carbonyl (C=O) groups is 2. The Balaban J connectivity index is 0.000000500. The summed E-state index contributed by atoms with van der Waals surface area (Å²) in [6.45, 7) is 1.99. The van der Waals surface area contributed by atoms with Gasteiger partial charge in [0.1, 0.15) is 0 Å². The predicted octanol–water partition coefficient (Wildman–Crippen LogP) is 1.69. The molecular weight excluding hydrogens is 184 g/mol. The molecule has 14 heavy (non-hydrogen) atoms. The molecule has 0 unspecified atom stereocenters. The Morgan fingerprint density at radius 3 is 2.14 bits per heavy atom. The molecule has 1 rings (SSSR count). The standard InChI is InChI=1S/C9H16O2.CH2O2/c1-7-3-5-8(6-4-7)9(10)11-2;2-1-3/h7-8H,3-6H2,1-2H3;1H,(H,2,3). The Morgan fingerprint density at radius 1 is 1.36 bits per heavy atom. The highest BCUT2D eigenvalue weighted by atomic mass is 16.5. The van der Waals surface area contributed by atoms with Crippen LogP contribution in [-0.2, 0) is 14.3 Å². The second-order valence-electron chi connectivity index (χ2n) is 3.59. The molecule has 82 valence electrons. The number of carboxylic acid groups (broad SMARTS) is 1. The summed E-state index contributed by atoms with van der Waals surface area (Å²) in [5, 5.41) is 6.89. The second-order valence-corrected chi connectivity index (χ2v) is 3.59. The highest BCUT2D eigenvalue weighted by molar-refractivity contribution is 5.72. The van der Waals surface area contributed by atoms with Gasteiger partial charge in [0.15, 0.2) is 0 Å². The van der Waals surface area contributed by atoms with E-state index in [0.29, 0.717) is 0 Å². The maximum Gasteiger partial charge on any atom is 0.308 e. The summed E-state index contributed by atoms with van der Waals surface area (Å²) < 4.78 is 4.69. The minimum Gasteiger partial charge on any atom is -0.483 e. The van der Waals surface area contributed by atoms with Gasteiger partial charge in [-0.2, -0.15) is 0 Å². The van der Waals surface area contributed by atoms with Crippen LogP contribution in [0, 0.1) is 11.8 Å². The lowest BCUT2D eigenvalue weighted by molar-refractivity contribution is -0.146. The molecule has 1 aliphatic carbocycles. The molecule has 0 amide bonds. The third-order valence-electron chi connectivity index (χ3n) is 2.55. The molecule has 4 nitrogen and oxygen atoms in total. The smallest absolute Gasteiger partial charge is 0.308 e. The summed E-state index contributed by atoms with van der Waals surface area (Å²) in [4.78, 5) is 19.4. The van der Waals surface area contributed by atoms with E-state index in [2.05, 4.69) is 11.7 Å². The quantitative estimate of drug-likeness (QED) is 0.519. The Bertz CT molecular complexity index is 171. The first-order chi connectivity index (χ1) is 6.65. The van der Waals surface area contributed by atoms with Crippen LogP contribution in [0.3, 0.4) is 0 Å². The van der Waals surface area contributed by atoms with E-state index in [-0.39, 0.29) is 18.4 Å². The zero-order valence-corrected chi connectivity index (χ0v) is 8.73. The van der Waals surface area contributed by atoms with E-state index in [0.717, 1.165) is 18.8 Å². The van der Waals surface area contributed by atoms with Gasteiger partial charge in [-0.1, -0.05) is 6.92 Å². The SMILES string of the molecule is COC(=O)C1CCC(C)CC1.O=CO. The molecule has 0 radical (unpaired) electrons. The number of hydrogen-bond acceptors (Lipinski definition) is 3. The number of methoxy groups -OCH3 is 1. The number of ether oxygens (including phenoxy) is 1. The topological polar surface area (TPSA) is 63.6 Å². The van der Waals surface area contributed by atoms with Crippen LogP contribution in [0.5, 0.6) is 0 Å². The molecule has 0 bridgehead atoms.